The first kappa shape index (κ1) is 22.5. The molecule has 2 N–H and O–H groups in total. The zero-order valence-electron chi connectivity index (χ0n) is 16.2. The van der Waals surface area contributed by atoms with Crippen LogP contribution < -0.4 is 15.4 Å². The van der Waals surface area contributed by atoms with Crippen LogP contribution in [0.4, 0.5) is 5.69 Å². The topological polar surface area (TPSA) is 63.2 Å². The molecular formula is C21H27Cl2N3O2. The van der Waals surface area contributed by atoms with Crippen molar-refractivity contribution < 1.29 is 9.53 Å². The van der Waals surface area contributed by atoms with Gasteiger partial charge in [-0.1, -0.05) is 12.1 Å². The summed E-state index contributed by atoms with van der Waals surface area (Å²) in [6.07, 6.45) is 4.85. The Labute approximate surface area is 178 Å². The van der Waals surface area contributed by atoms with Crippen molar-refractivity contribution in [3.8, 4) is 11.6 Å². The number of carbonyl (C=O) groups excluding carboxylic acids is 1. The van der Waals surface area contributed by atoms with E-state index < -0.39 is 0 Å². The van der Waals surface area contributed by atoms with Crippen molar-refractivity contribution in [2.24, 2.45) is 11.3 Å². The Morgan fingerprint density at radius 2 is 1.93 bits per heavy atom. The Morgan fingerprint density at radius 1 is 1.18 bits per heavy atom. The summed E-state index contributed by atoms with van der Waals surface area (Å²) < 4.78 is 6.02. The second kappa shape index (κ2) is 9.12. The molecule has 1 saturated heterocycles. The molecule has 0 bridgehead atoms. The Morgan fingerprint density at radius 3 is 2.68 bits per heavy atom. The molecule has 2 heterocycles. The molecule has 1 aromatic heterocycles. The van der Waals surface area contributed by atoms with Crippen LogP contribution in [0, 0.1) is 25.2 Å². The first-order valence-corrected chi connectivity index (χ1v) is 9.30. The summed E-state index contributed by atoms with van der Waals surface area (Å²) in [5.41, 5.74) is 3.08. The van der Waals surface area contributed by atoms with Gasteiger partial charge in [0.25, 0.3) is 0 Å². The smallest absolute Gasteiger partial charge is 0.243 e. The van der Waals surface area contributed by atoms with Gasteiger partial charge in [-0.15, -0.1) is 24.8 Å². The van der Waals surface area contributed by atoms with Crippen LogP contribution in [0.2, 0.25) is 0 Å². The van der Waals surface area contributed by atoms with Gasteiger partial charge in [0.05, 0.1) is 0 Å². The molecule has 1 atom stereocenters. The third kappa shape index (κ3) is 4.43. The Balaban J connectivity index is 0.00000140. The number of hydrogen-bond donors (Lipinski definition) is 2. The largest absolute Gasteiger partial charge is 0.437 e. The van der Waals surface area contributed by atoms with Crippen LogP contribution in [0.1, 0.15) is 30.4 Å². The number of hydrogen-bond acceptors (Lipinski definition) is 4. The van der Waals surface area contributed by atoms with Gasteiger partial charge in [-0.05, 0) is 80.9 Å². The predicted octanol–water partition coefficient (Wildman–Crippen LogP) is 4.66. The minimum absolute atomic E-state index is 0. The van der Waals surface area contributed by atoms with Crippen LogP contribution in [-0.2, 0) is 4.79 Å². The standard InChI is InChI=1S/C21H25N3O2.2ClH/c1-14-5-3-7-18(15(14)2)26-20-17(6-4-10-23-20)24-19(25)16-13-21(16)8-11-22-12-9-21;;/h3-7,10,16,22H,8-9,11-13H2,1-2H3,(H,24,25);2*1H. The van der Waals surface area contributed by atoms with Crippen LogP contribution in [0.25, 0.3) is 0 Å². The monoisotopic (exact) mass is 423 g/mol. The predicted molar refractivity (Wildman–Crippen MR) is 116 cm³/mol. The number of aryl methyl sites for hydroxylation is 1. The highest BCUT2D eigenvalue weighted by molar-refractivity contribution is 5.96. The summed E-state index contributed by atoms with van der Waals surface area (Å²) in [4.78, 5) is 17.1. The molecule has 1 saturated carbocycles. The lowest BCUT2D eigenvalue weighted by Gasteiger charge is -2.23. The normalized spacial score (nSPS) is 19.1. The number of pyridine rings is 1. The second-order valence-electron chi connectivity index (χ2n) is 7.51. The molecule has 1 amide bonds. The van der Waals surface area contributed by atoms with Gasteiger partial charge in [-0.25, -0.2) is 4.98 Å². The maximum atomic E-state index is 12.8. The second-order valence-corrected chi connectivity index (χ2v) is 7.51. The highest BCUT2D eigenvalue weighted by Crippen LogP contribution is 2.58. The third-order valence-corrected chi connectivity index (χ3v) is 5.90. The van der Waals surface area contributed by atoms with Gasteiger partial charge in [0, 0.05) is 12.1 Å². The number of halogens is 2. The maximum Gasteiger partial charge on any atom is 0.243 e. The average Bonchev–Trinajstić information content (AvgIpc) is 3.34. The highest BCUT2D eigenvalue weighted by atomic mass is 35.5. The van der Waals surface area contributed by atoms with Gasteiger partial charge in [0.2, 0.25) is 11.8 Å². The molecule has 7 heteroatoms. The first-order valence-electron chi connectivity index (χ1n) is 9.30. The summed E-state index contributed by atoms with van der Waals surface area (Å²) in [5, 5.41) is 6.43. The van der Waals surface area contributed by atoms with Gasteiger partial charge in [-0.2, -0.15) is 0 Å². The number of carbonyl (C=O) groups is 1. The molecule has 2 aromatic rings. The van der Waals surface area contributed by atoms with Crippen LogP contribution in [-0.4, -0.2) is 24.0 Å². The number of nitrogens with one attached hydrogen (secondary N) is 2. The van der Waals surface area contributed by atoms with Crippen molar-refractivity contribution in [3.63, 3.8) is 0 Å². The number of aromatic nitrogens is 1. The van der Waals surface area contributed by atoms with Crippen molar-refractivity contribution in [2.75, 3.05) is 18.4 Å². The Hall–Kier alpha value is -1.82. The molecule has 1 spiro atoms. The van der Waals surface area contributed by atoms with Crippen LogP contribution in [0.5, 0.6) is 11.6 Å². The molecule has 1 unspecified atom stereocenters. The van der Waals surface area contributed by atoms with Crippen molar-refractivity contribution >= 4 is 36.4 Å². The molecule has 1 aliphatic carbocycles. The molecular weight excluding hydrogens is 397 g/mol. The molecule has 1 aromatic carbocycles. The fraction of sp³-hybridized carbons (Fsp3) is 0.429. The quantitative estimate of drug-likeness (QED) is 0.749. The van der Waals surface area contributed by atoms with Crippen molar-refractivity contribution in [1.29, 1.82) is 0 Å². The van der Waals surface area contributed by atoms with Gasteiger partial charge in [0.1, 0.15) is 11.4 Å². The van der Waals surface area contributed by atoms with E-state index in [-0.39, 0.29) is 42.1 Å². The number of rotatable bonds is 4. The molecule has 5 nitrogen and oxygen atoms in total. The lowest BCUT2D eigenvalue weighted by atomic mass is 9.92. The molecule has 4 rings (SSSR count). The lowest BCUT2D eigenvalue weighted by Crippen LogP contribution is -2.31. The number of piperidine rings is 1. The van der Waals surface area contributed by atoms with Gasteiger partial charge >= 0.3 is 0 Å². The molecule has 0 radical (unpaired) electrons. The summed E-state index contributed by atoms with van der Waals surface area (Å²) in [6, 6.07) is 9.61. The minimum Gasteiger partial charge on any atom is -0.437 e. The Kier molecular flexibility index (Phi) is 7.32. The molecule has 152 valence electrons. The highest BCUT2D eigenvalue weighted by Gasteiger charge is 2.57. The third-order valence-electron chi connectivity index (χ3n) is 5.90. The fourth-order valence-electron chi connectivity index (χ4n) is 3.92. The number of anilines is 1. The number of benzene rings is 1. The van der Waals surface area contributed by atoms with Crippen molar-refractivity contribution in [1.82, 2.24) is 10.3 Å². The summed E-state index contributed by atoms with van der Waals surface area (Å²) in [6.45, 7) is 6.10. The zero-order valence-corrected chi connectivity index (χ0v) is 17.8. The van der Waals surface area contributed by atoms with E-state index in [2.05, 4.69) is 28.6 Å². The zero-order chi connectivity index (χ0) is 18.1. The van der Waals surface area contributed by atoms with Crippen molar-refractivity contribution in [2.45, 2.75) is 33.1 Å². The van der Waals surface area contributed by atoms with E-state index in [9.17, 15) is 4.79 Å². The summed E-state index contributed by atoms with van der Waals surface area (Å²) in [7, 11) is 0. The van der Waals surface area contributed by atoms with E-state index in [0.717, 1.165) is 49.2 Å². The van der Waals surface area contributed by atoms with Gasteiger partial charge in [-0.3, -0.25) is 4.79 Å². The van der Waals surface area contributed by atoms with E-state index in [1.54, 1.807) is 6.20 Å². The van der Waals surface area contributed by atoms with Crippen LogP contribution in [0.15, 0.2) is 36.5 Å². The summed E-state index contributed by atoms with van der Waals surface area (Å²) >= 11 is 0. The van der Waals surface area contributed by atoms with Gasteiger partial charge in [0.15, 0.2) is 0 Å². The first-order chi connectivity index (χ1) is 12.6. The van der Waals surface area contributed by atoms with E-state index in [1.807, 2.05) is 31.2 Å². The van der Waals surface area contributed by atoms with E-state index in [1.165, 1.54) is 0 Å². The number of ether oxygens (including phenoxy) is 1. The lowest BCUT2D eigenvalue weighted by molar-refractivity contribution is -0.118. The van der Waals surface area contributed by atoms with Crippen LogP contribution >= 0.6 is 24.8 Å². The number of nitrogens with zero attached hydrogens (tertiary/aromatic N) is 1. The van der Waals surface area contributed by atoms with E-state index in [4.69, 9.17) is 4.74 Å². The maximum absolute atomic E-state index is 12.8. The van der Waals surface area contributed by atoms with Crippen molar-refractivity contribution in [3.05, 3.63) is 47.7 Å². The molecule has 28 heavy (non-hydrogen) atoms. The molecule has 2 aliphatic rings. The molecule has 2 fully saturated rings. The van der Waals surface area contributed by atoms with E-state index in [0.29, 0.717) is 11.6 Å². The van der Waals surface area contributed by atoms with Gasteiger partial charge < -0.3 is 15.4 Å². The number of amides is 1. The Bertz CT molecular complexity index is 838. The molecule has 1 aliphatic heterocycles. The fourth-order valence-corrected chi connectivity index (χ4v) is 3.92. The van der Waals surface area contributed by atoms with Crippen LogP contribution in [0.3, 0.4) is 0 Å². The SMILES string of the molecule is Cc1cccc(Oc2ncccc2NC(=O)C2CC23CCNCC3)c1C.Cl.Cl. The average molecular weight is 424 g/mol. The minimum atomic E-state index is 0. The summed E-state index contributed by atoms with van der Waals surface area (Å²) in [5.74, 6) is 1.40. The van der Waals surface area contributed by atoms with E-state index >= 15 is 0 Å².